The second kappa shape index (κ2) is 7.46. The van der Waals surface area contributed by atoms with E-state index in [1.165, 1.54) is 0 Å². The number of amides is 2. The van der Waals surface area contributed by atoms with Crippen molar-refractivity contribution in [1.82, 2.24) is 19.6 Å². The van der Waals surface area contributed by atoms with Gasteiger partial charge in [-0.15, -0.1) is 0 Å². The molecular formula is C19H27N5O3. The van der Waals surface area contributed by atoms with Crippen molar-refractivity contribution < 1.29 is 14.3 Å². The number of rotatable bonds is 3. The number of fused-ring (bicyclic) bond motifs is 1. The van der Waals surface area contributed by atoms with Gasteiger partial charge in [0.25, 0.3) is 0 Å². The first-order valence-corrected chi connectivity index (χ1v) is 9.17. The monoisotopic (exact) mass is 373 g/mol. The predicted molar refractivity (Wildman–Crippen MR) is 103 cm³/mol. The molecule has 1 fully saturated rings. The lowest BCUT2D eigenvalue weighted by Gasteiger charge is -2.36. The van der Waals surface area contributed by atoms with E-state index in [4.69, 9.17) is 4.74 Å². The molecule has 0 aromatic carbocycles. The fourth-order valence-electron chi connectivity index (χ4n) is 3.09. The fraction of sp³-hybridized carbons (Fsp3) is 0.526. The van der Waals surface area contributed by atoms with Crippen molar-refractivity contribution in [2.45, 2.75) is 32.8 Å². The molecule has 0 spiro atoms. The molecule has 0 saturated carbocycles. The van der Waals surface area contributed by atoms with Gasteiger partial charge >= 0.3 is 6.09 Å². The van der Waals surface area contributed by atoms with Gasteiger partial charge in [-0.05, 0) is 32.9 Å². The number of likely N-dealkylation sites (N-methyl/N-ethyl adjacent to an activating group) is 1. The van der Waals surface area contributed by atoms with Crippen LogP contribution in [0.25, 0.3) is 5.65 Å². The molecule has 27 heavy (non-hydrogen) atoms. The summed E-state index contributed by atoms with van der Waals surface area (Å²) in [5, 5.41) is 2.62. The highest BCUT2D eigenvalue weighted by Crippen LogP contribution is 2.20. The lowest BCUT2D eigenvalue weighted by atomic mass is 10.2. The van der Waals surface area contributed by atoms with Crippen LogP contribution < -0.4 is 10.2 Å². The number of aromatic nitrogens is 2. The molecule has 3 rings (SSSR count). The Bertz CT molecular complexity index is 831. The maximum atomic E-state index is 12.2. The average molecular weight is 373 g/mol. The van der Waals surface area contributed by atoms with E-state index < -0.39 is 5.60 Å². The molecule has 2 amide bonds. The molecule has 0 radical (unpaired) electrons. The smallest absolute Gasteiger partial charge is 0.410 e. The molecular weight excluding hydrogens is 346 g/mol. The first kappa shape index (κ1) is 19.0. The van der Waals surface area contributed by atoms with Crippen LogP contribution in [0.4, 0.5) is 10.6 Å². The second-order valence-electron chi connectivity index (χ2n) is 7.65. The summed E-state index contributed by atoms with van der Waals surface area (Å²) in [6.07, 6.45) is 1.89. The van der Waals surface area contributed by atoms with E-state index in [1.807, 2.05) is 49.6 Å². The van der Waals surface area contributed by atoms with E-state index in [1.54, 1.807) is 11.9 Å². The number of nitrogens with one attached hydrogen (secondary N) is 1. The number of piperazine rings is 1. The van der Waals surface area contributed by atoms with Gasteiger partial charge in [0.1, 0.15) is 17.1 Å². The Balaban J connectivity index is 1.71. The van der Waals surface area contributed by atoms with Crippen LogP contribution in [-0.4, -0.2) is 65.1 Å². The van der Waals surface area contributed by atoms with Gasteiger partial charge in [-0.3, -0.25) is 9.20 Å². The van der Waals surface area contributed by atoms with Gasteiger partial charge in [0.15, 0.2) is 0 Å². The minimum atomic E-state index is -0.488. The zero-order chi connectivity index (χ0) is 19.6. The summed E-state index contributed by atoms with van der Waals surface area (Å²) in [5.41, 5.74) is 1.05. The molecule has 0 aliphatic carbocycles. The van der Waals surface area contributed by atoms with E-state index in [2.05, 4.69) is 15.2 Å². The summed E-state index contributed by atoms with van der Waals surface area (Å²) in [5.74, 6) is 0.943. The maximum Gasteiger partial charge on any atom is 0.410 e. The Morgan fingerprint density at radius 3 is 2.52 bits per heavy atom. The second-order valence-corrected chi connectivity index (χ2v) is 7.65. The summed E-state index contributed by atoms with van der Waals surface area (Å²) >= 11 is 0. The number of carbonyl (C=O) groups is 2. The van der Waals surface area contributed by atoms with Gasteiger partial charge in [-0.25, -0.2) is 9.78 Å². The zero-order valence-electron chi connectivity index (χ0n) is 16.4. The lowest BCUT2D eigenvalue weighted by molar-refractivity contribution is -0.120. The van der Waals surface area contributed by atoms with Gasteiger partial charge < -0.3 is 19.9 Å². The topological polar surface area (TPSA) is 79.2 Å². The number of ether oxygens (including phenoxy) is 1. The van der Waals surface area contributed by atoms with E-state index in [0.29, 0.717) is 26.2 Å². The lowest BCUT2D eigenvalue weighted by Crippen LogP contribution is -2.50. The summed E-state index contributed by atoms with van der Waals surface area (Å²) in [6.45, 7) is 8.24. The zero-order valence-corrected chi connectivity index (χ0v) is 16.4. The number of carbonyl (C=O) groups excluding carboxylic acids is 2. The highest BCUT2D eigenvalue weighted by atomic mass is 16.6. The highest BCUT2D eigenvalue weighted by Gasteiger charge is 2.26. The Morgan fingerprint density at radius 1 is 1.19 bits per heavy atom. The van der Waals surface area contributed by atoms with Crippen LogP contribution in [0, 0.1) is 0 Å². The number of anilines is 1. The Morgan fingerprint density at radius 2 is 1.89 bits per heavy atom. The minimum Gasteiger partial charge on any atom is -0.444 e. The van der Waals surface area contributed by atoms with Crippen molar-refractivity contribution >= 4 is 23.5 Å². The number of hydrogen-bond donors (Lipinski definition) is 1. The molecule has 1 saturated heterocycles. The third-order valence-corrected chi connectivity index (χ3v) is 4.40. The molecule has 1 aliphatic heterocycles. The SMILES string of the molecule is CNC(=O)Cc1cn2c(N3CCN(C(=O)OC(C)(C)C)CC3)cccc2n1. The van der Waals surface area contributed by atoms with Gasteiger partial charge in [0.2, 0.25) is 5.91 Å². The van der Waals surface area contributed by atoms with Crippen LogP contribution in [0.2, 0.25) is 0 Å². The minimum absolute atomic E-state index is 0.0640. The number of hydrogen-bond acceptors (Lipinski definition) is 5. The molecule has 2 aromatic heterocycles. The first-order chi connectivity index (χ1) is 12.8. The molecule has 146 valence electrons. The maximum absolute atomic E-state index is 12.2. The fourth-order valence-corrected chi connectivity index (χ4v) is 3.09. The van der Waals surface area contributed by atoms with Crippen molar-refractivity contribution in [3.63, 3.8) is 0 Å². The third kappa shape index (κ3) is 4.50. The molecule has 8 heteroatoms. The van der Waals surface area contributed by atoms with Crippen molar-refractivity contribution in [3.05, 3.63) is 30.1 Å². The van der Waals surface area contributed by atoms with Crippen molar-refractivity contribution in [2.75, 3.05) is 38.1 Å². The summed E-state index contributed by atoms with van der Waals surface area (Å²) in [7, 11) is 1.62. The van der Waals surface area contributed by atoms with Gasteiger partial charge in [-0.1, -0.05) is 6.07 Å². The molecule has 0 atom stereocenters. The molecule has 3 heterocycles. The van der Waals surface area contributed by atoms with Crippen LogP contribution in [0.5, 0.6) is 0 Å². The molecule has 1 N–H and O–H groups in total. The molecule has 0 bridgehead atoms. The predicted octanol–water partition coefficient (Wildman–Crippen LogP) is 1.68. The van der Waals surface area contributed by atoms with E-state index in [0.717, 1.165) is 17.2 Å². The summed E-state index contributed by atoms with van der Waals surface area (Å²) < 4.78 is 7.46. The van der Waals surface area contributed by atoms with Gasteiger partial charge in [-0.2, -0.15) is 0 Å². The summed E-state index contributed by atoms with van der Waals surface area (Å²) in [6, 6.07) is 5.91. The number of nitrogens with zero attached hydrogens (tertiary/aromatic N) is 4. The summed E-state index contributed by atoms with van der Waals surface area (Å²) in [4.78, 5) is 32.4. The van der Waals surface area contributed by atoms with Crippen LogP contribution in [0.3, 0.4) is 0 Å². The number of pyridine rings is 1. The molecule has 2 aromatic rings. The molecule has 8 nitrogen and oxygen atoms in total. The number of imidazole rings is 1. The average Bonchev–Trinajstić information content (AvgIpc) is 3.02. The highest BCUT2D eigenvalue weighted by molar-refractivity contribution is 5.78. The van der Waals surface area contributed by atoms with Crippen molar-refractivity contribution in [1.29, 1.82) is 0 Å². The van der Waals surface area contributed by atoms with Crippen molar-refractivity contribution in [2.24, 2.45) is 0 Å². The van der Waals surface area contributed by atoms with Crippen LogP contribution in [-0.2, 0) is 16.0 Å². The van der Waals surface area contributed by atoms with Crippen LogP contribution >= 0.6 is 0 Å². The van der Waals surface area contributed by atoms with Gasteiger partial charge in [0.05, 0.1) is 12.1 Å². The first-order valence-electron chi connectivity index (χ1n) is 9.17. The largest absolute Gasteiger partial charge is 0.444 e. The van der Waals surface area contributed by atoms with E-state index >= 15 is 0 Å². The van der Waals surface area contributed by atoms with E-state index in [9.17, 15) is 9.59 Å². The van der Waals surface area contributed by atoms with Crippen molar-refractivity contribution in [3.8, 4) is 0 Å². The Hall–Kier alpha value is -2.77. The normalized spacial score (nSPS) is 15.1. The Kier molecular flexibility index (Phi) is 5.25. The Labute approximate surface area is 159 Å². The third-order valence-electron chi connectivity index (χ3n) is 4.40. The molecule has 0 unspecified atom stereocenters. The van der Waals surface area contributed by atoms with Gasteiger partial charge in [0, 0.05) is 39.4 Å². The van der Waals surface area contributed by atoms with E-state index in [-0.39, 0.29) is 18.4 Å². The van der Waals surface area contributed by atoms with Crippen LogP contribution in [0.15, 0.2) is 24.4 Å². The quantitative estimate of drug-likeness (QED) is 0.886. The van der Waals surface area contributed by atoms with Crippen LogP contribution in [0.1, 0.15) is 26.5 Å². The standard InChI is InChI=1S/C19H27N5O3/c1-19(2,3)27-18(26)23-10-8-22(9-11-23)17-7-5-6-15-21-14(13-24(15)17)12-16(25)20-4/h5-7,13H,8-12H2,1-4H3,(H,20,25). The molecule has 1 aliphatic rings.